The molecule has 146 valence electrons. The highest BCUT2D eigenvalue weighted by atomic mass is 16.5. The molecule has 0 fully saturated rings. The van der Waals surface area contributed by atoms with Gasteiger partial charge in [0.15, 0.2) is 5.78 Å². The van der Waals surface area contributed by atoms with E-state index < -0.39 is 5.97 Å². The van der Waals surface area contributed by atoms with Gasteiger partial charge in [0.05, 0.1) is 31.7 Å². The summed E-state index contributed by atoms with van der Waals surface area (Å²) in [7, 11) is 3.08. The lowest BCUT2D eigenvalue weighted by Gasteiger charge is -2.12. The second-order valence-corrected chi connectivity index (χ2v) is 5.97. The van der Waals surface area contributed by atoms with E-state index in [2.05, 4.69) is 9.97 Å². The van der Waals surface area contributed by atoms with E-state index >= 15 is 0 Å². The van der Waals surface area contributed by atoms with Gasteiger partial charge in [-0.3, -0.25) is 14.8 Å². The van der Waals surface area contributed by atoms with Crippen molar-refractivity contribution in [1.82, 2.24) is 9.97 Å². The maximum atomic E-state index is 12.5. The molecule has 0 radical (unpaired) electrons. The van der Waals surface area contributed by atoms with E-state index in [1.54, 1.807) is 43.9 Å². The summed E-state index contributed by atoms with van der Waals surface area (Å²) in [6, 6.07) is 9.26. The highest BCUT2D eigenvalue weighted by molar-refractivity contribution is 6.07. The van der Waals surface area contributed by atoms with Gasteiger partial charge in [0.2, 0.25) is 0 Å². The zero-order valence-corrected chi connectivity index (χ0v) is 15.8. The first kappa shape index (κ1) is 19.8. The molecule has 7 heteroatoms. The normalized spacial score (nSPS) is 10.7. The molecule has 1 aromatic heterocycles. The number of rotatable bonds is 7. The minimum absolute atomic E-state index is 0.121. The third kappa shape index (κ3) is 4.47. The van der Waals surface area contributed by atoms with Gasteiger partial charge in [-0.05, 0) is 30.4 Å². The second-order valence-electron chi connectivity index (χ2n) is 5.97. The third-order valence-electron chi connectivity index (χ3n) is 4.22. The fourth-order valence-electron chi connectivity index (χ4n) is 2.73. The highest BCUT2D eigenvalue weighted by Crippen LogP contribution is 2.35. The van der Waals surface area contributed by atoms with Crippen LogP contribution in [-0.4, -0.2) is 41.0 Å². The highest BCUT2D eigenvalue weighted by Gasteiger charge is 2.13. The maximum absolute atomic E-state index is 12.5. The second kappa shape index (κ2) is 8.79. The summed E-state index contributed by atoms with van der Waals surface area (Å²) in [6.45, 7) is 0. The molecule has 0 atom stereocenters. The van der Waals surface area contributed by atoms with Crippen LogP contribution in [0.4, 0.5) is 0 Å². The Morgan fingerprint density at radius 3 is 2.24 bits per heavy atom. The first-order valence-electron chi connectivity index (χ1n) is 8.61. The number of carboxylic acids is 1. The van der Waals surface area contributed by atoms with Crippen LogP contribution in [0.15, 0.2) is 61.1 Å². The van der Waals surface area contributed by atoms with Crippen molar-refractivity contribution >= 4 is 17.8 Å². The van der Waals surface area contributed by atoms with Gasteiger partial charge in [0.25, 0.3) is 0 Å². The molecule has 3 rings (SSSR count). The van der Waals surface area contributed by atoms with Crippen LogP contribution in [0.3, 0.4) is 0 Å². The molecule has 0 aliphatic rings. The van der Waals surface area contributed by atoms with Crippen LogP contribution >= 0.6 is 0 Å². The van der Waals surface area contributed by atoms with Crippen LogP contribution in [0, 0.1) is 0 Å². The average Bonchev–Trinajstić information content (AvgIpc) is 2.77. The molecule has 0 saturated carbocycles. The summed E-state index contributed by atoms with van der Waals surface area (Å²) in [5, 5.41) is 8.95. The van der Waals surface area contributed by atoms with Crippen LogP contribution < -0.4 is 9.47 Å². The van der Waals surface area contributed by atoms with Gasteiger partial charge >= 0.3 is 5.97 Å². The first-order valence-corrected chi connectivity index (χ1v) is 8.61. The van der Waals surface area contributed by atoms with Crippen molar-refractivity contribution in [3.05, 3.63) is 77.8 Å². The summed E-state index contributed by atoms with van der Waals surface area (Å²) >= 11 is 0. The lowest BCUT2D eigenvalue weighted by Crippen LogP contribution is -1.99. The molecule has 1 N–H and O–H groups in total. The summed E-state index contributed by atoms with van der Waals surface area (Å²) in [6.07, 6.45) is 7.81. The Hall–Kier alpha value is -4.00. The number of benzene rings is 2. The van der Waals surface area contributed by atoms with Crippen LogP contribution in [0.5, 0.6) is 11.5 Å². The number of hydrogen-bond acceptors (Lipinski definition) is 6. The molecule has 0 aliphatic heterocycles. The van der Waals surface area contributed by atoms with Gasteiger partial charge in [-0.1, -0.05) is 12.1 Å². The number of carbonyl (C=O) groups excluding carboxylic acids is 1. The van der Waals surface area contributed by atoms with Crippen LogP contribution in [0.1, 0.15) is 26.3 Å². The van der Waals surface area contributed by atoms with Crippen molar-refractivity contribution in [2.45, 2.75) is 0 Å². The van der Waals surface area contributed by atoms with E-state index in [0.717, 1.165) is 0 Å². The van der Waals surface area contributed by atoms with Crippen molar-refractivity contribution in [3.63, 3.8) is 0 Å². The van der Waals surface area contributed by atoms with Crippen LogP contribution in [0.2, 0.25) is 0 Å². The molecule has 0 bridgehead atoms. The van der Waals surface area contributed by atoms with Crippen molar-refractivity contribution < 1.29 is 24.2 Å². The summed E-state index contributed by atoms with van der Waals surface area (Å²) in [5.74, 6) is -0.213. The van der Waals surface area contributed by atoms with Crippen molar-refractivity contribution in [1.29, 1.82) is 0 Å². The Morgan fingerprint density at radius 2 is 1.66 bits per heavy atom. The molecule has 29 heavy (non-hydrogen) atoms. The quantitative estimate of drug-likeness (QED) is 0.484. The number of aromatic nitrogens is 2. The van der Waals surface area contributed by atoms with E-state index in [1.807, 2.05) is 0 Å². The molecule has 0 spiro atoms. The lowest BCUT2D eigenvalue weighted by molar-refractivity contribution is 0.0696. The number of allylic oxidation sites excluding steroid dienone is 1. The molecular weight excluding hydrogens is 372 g/mol. The standard InChI is InChI=1S/C22H18N2O5/c1-28-20-12-21(29-2)17(18-13-23-9-10-24-18)11-16(20)7-8-19(25)14-3-5-15(6-4-14)22(26)27/h3-13H,1-2H3,(H,26,27). The predicted octanol–water partition coefficient (Wildman–Crippen LogP) is 3.76. The molecule has 2 aromatic carbocycles. The molecule has 0 unspecified atom stereocenters. The minimum Gasteiger partial charge on any atom is -0.496 e. The topological polar surface area (TPSA) is 98.6 Å². The van der Waals surface area contributed by atoms with Crippen molar-refractivity contribution in [2.24, 2.45) is 0 Å². The monoisotopic (exact) mass is 390 g/mol. The maximum Gasteiger partial charge on any atom is 0.335 e. The number of carboxylic acid groups (broad SMARTS) is 1. The number of ether oxygens (including phenoxy) is 2. The molecule has 0 amide bonds. The van der Waals surface area contributed by atoms with Crippen LogP contribution in [-0.2, 0) is 0 Å². The van der Waals surface area contributed by atoms with Gasteiger partial charge in [-0.25, -0.2) is 4.79 Å². The van der Waals surface area contributed by atoms with Gasteiger partial charge in [0.1, 0.15) is 11.5 Å². The smallest absolute Gasteiger partial charge is 0.335 e. The van der Waals surface area contributed by atoms with Crippen molar-refractivity contribution in [2.75, 3.05) is 14.2 Å². The van der Waals surface area contributed by atoms with Gasteiger partial charge in [0, 0.05) is 35.2 Å². The van der Waals surface area contributed by atoms with E-state index in [1.165, 1.54) is 37.5 Å². The van der Waals surface area contributed by atoms with Gasteiger partial charge in [-0.2, -0.15) is 0 Å². The Balaban J connectivity index is 1.94. The zero-order valence-electron chi connectivity index (χ0n) is 15.8. The number of nitrogens with zero attached hydrogens (tertiary/aromatic N) is 2. The Kier molecular flexibility index (Phi) is 5.99. The average molecular weight is 390 g/mol. The number of aromatic carboxylic acids is 1. The fourth-order valence-corrected chi connectivity index (χ4v) is 2.73. The molecule has 3 aromatic rings. The van der Waals surface area contributed by atoms with Crippen molar-refractivity contribution in [3.8, 4) is 22.8 Å². The van der Waals surface area contributed by atoms with Gasteiger partial charge in [-0.15, -0.1) is 0 Å². The number of methoxy groups -OCH3 is 2. The lowest BCUT2D eigenvalue weighted by atomic mass is 10.0. The minimum atomic E-state index is -1.04. The number of ketones is 1. The summed E-state index contributed by atoms with van der Waals surface area (Å²) in [5.41, 5.74) is 2.49. The van der Waals surface area contributed by atoms with E-state index in [-0.39, 0.29) is 11.3 Å². The Morgan fingerprint density at radius 1 is 0.966 bits per heavy atom. The molecule has 0 saturated heterocycles. The SMILES string of the molecule is COc1cc(OC)c(-c2cnccn2)cc1C=CC(=O)c1ccc(C(=O)O)cc1. The molecule has 7 nitrogen and oxygen atoms in total. The number of carbonyl (C=O) groups is 2. The third-order valence-corrected chi connectivity index (χ3v) is 4.22. The molecule has 1 heterocycles. The number of hydrogen-bond donors (Lipinski definition) is 1. The first-order chi connectivity index (χ1) is 14.0. The van der Waals surface area contributed by atoms with E-state index in [4.69, 9.17) is 14.6 Å². The summed E-state index contributed by atoms with van der Waals surface area (Å²) < 4.78 is 10.9. The van der Waals surface area contributed by atoms with Crippen LogP contribution in [0.25, 0.3) is 17.3 Å². The fraction of sp³-hybridized carbons (Fsp3) is 0.0909. The largest absolute Gasteiger partial charge is 0.496 e. The predicted molar refractivity (Wildman–Crippen MR) is 107 cm³/mol. The zero-order chi connectivity index (χ0) is 20.8. The molecule has 0 aliphatic carbocycles. The Labute approximate surface area is 167 Å². The van der Waals surface area contributed by atoms with E-state index in [9.17, 15) is 9.59 Å². The Bertz CT molecular complexity index is 1060. The van der Waals surface area contributed by atoms with Gasteiger partial charge < -0.3 is 14.6 Å². The molecular formula is C22H18N2O5. The van der Waals surface area contributed by atoms with E-state index in [0.29, 0.717) is 33.9 Å². The summed E-state index contributed by atoms with van der Waals surface area (Å²) in [4.78, 5) is 31.8.